The minimum absolute atomic E-state index is 0. The van der Waals surface area contributed by atoms with Crippen LogP contribution < -0.4 is 10.6 Å². The number of methoxy groups -OCH3 is 1. The van der Waals surface area contributed by atoms with Gasteiger partial charge in [0, 0.05) is 31.5 Å². The van der Waals surface area contributed by atoms with Crippen molar-refractivity contribution in [3.05, 3.63) is 16.6 Å². The summed E-state index contributed by atoms with van der Waals surface area (Å²) in [7, 11) is 3.64. The summed E-state index contributed by atoms with van der Waals surface area (Å²) in [5, 5.41) is 11.9. The zero-order valence-electron chi connectivity index (χ0n) is 14.3. The summed E-state index contributed by atoms with van der Waals surface area (Å²) < 4.78 is 7.24. The highest BCUT2D eigenvalue weighted by Gasteiger charge is 2.32. The fourth-order valence-electron chi connectivity index (χ4n) is 3.31. The third-order valence-corrected chi connectivity index (χ3v) is 5.86. The monoisotopic (exact) mass is 372 g/mol. The Labute approximate surface area is 152 Å². The number of ether oxygens (including phenoxy) is 1. The first kappa shape index (κ1) is 19.2. The Bertz CT molecular complexity index is 666. The molecule has 0 aliphatic carbocycles. The van der Waals surface area contributed by atoms with Gasteiger partial charge in [-0.2, -0.15) is 5.10 Å². The molecular weight excluding hydrogens is 348 g/mol. The molecule has 0 spiro atoms. The van der Waals surface area contributed by atoms with Crippen molar-refractivity contribution in [3.8, 4) is 0 Å². The van der Waals surface area contributed by atoms with Gasteiger partial charge >= 0.3 is 0 Å². The van der Waals surface area contributed by atoms with Gasteiger partial charge in [-0.25, -0.2) is 0 Å². The first-order valence-electron chi connectivity index (χ1n) is 7.96. The SMILES string of the molecule is COCC1(CNC(=O)c2cc3c(C)nn(C)c3s2)CCNCC1.Cl. The second kappa shape index (κ2) is 7.82. The number of amides is 1. The average molecular weight is 373 g/mol. The lowest BCUT2D eigenvalue weighted by Crippen LogP contribution is -2.47. The van der Waals surface area contributed by atoms with Crippen LogP contribution >= 0.6 is 23.7 Å². The van der Waals surface area contributed by atoms with Crippen LogP contribution in [-0.4, -0.2) is 49.0 Å². The van der Waals surface area contributed by atoms with Crippen molar-refractivity contribution in [3.63, 3.8) is 0 Å². The number of carbonyl (C=O) groups excluding carboxylic acids is 1. The van der Waals surface area contributed by atoms with Gasteiger partial charge in [-0.3, -0.25) is 9.48 Å². The van der Waals surface area contributed by atoms with E-state index in [1.165, 1.54) is 11.3 Å². The molecule has 0 aromatic carbocycles. The largest absolute Gasteiger partial charge is 0.384 e. The Morgan fingerprint density at radius 1 is 1.50 bits per heavy atom. The molecule has 1 saturated heterocycles. The molecule has 1 fully saturated rings. The highest BCUT2D eigenvalue weighted by atomic mass is 35.5. The van der Waals surface area contributed by atoms with Gasteiger partial charge in [-0.1, -0.05) is 0 Å². The van der Waals surface area contributed by atoms with E-state index in [2.05, 4.69) is 15.7 Å². The number of halogens is 1. The number of carbonyl (C=O) groups is 1. The molecule has 3 heterocycles. The lowest BCUT2D eigenvalue weighted by molar-refractivity contribution is 0.0512. The van der Waals surface area contributed by atoms with Crippen LogP contribution in [0.4, 0.5) is 0 Å². The lowest BCUT2D eigenvalue weighted by atomic mass is 9.79. The van der Waals surface area contributed by atoms with Crippen LogP contribution in [-0.2, 0) is 11.8 Å². The fourth-order valence-corrected chi connectivity index (χ4v) is 4.35. The molecule has 134 valence electrons. The molecule has 6 nitrogen and oxygen atoms in total. The molecule has 3 rings (SSSR count). The van der Waals surface area contributed by atoms with Crippen molar-refractivity contribution in [1.29, 1.82) is 0 Å². The van der Waals surface area contributed by atoms with Crippen LogP contribution in [0.2, 0.25) is 0 Å². The highest BCUT2D eigenvalue weighted by Crippen LogP contribution is 2.30. The Hall–Kier alpha value is -1.15. The van der Waals surface area contributed by atoms with E-state index in [0.717, 1.165) is 46.7 Å². The summed E-state index contributed by atoms with van der Waals surface area (Å²) in [6.07, 6.45) is 2.05. The fraction of sp³-hybridized carbons (Fsp3) is 0.625. The minimum Gasteiger partial charge on any atom is -0.384 e. The molecule has 0 unspecified atom stereocenters. The van der Waals surface area contributed by atoms with Gasteiger partial charge in [0.1, 0.15) is 4.83 Å². The van der Waals surface area contributed by atoms with E-state index in [0.29, 0.717) is 13.2 Å². The number of nitrogens with one attached hydrogen (secondary N) is 2. The smallest absolute Gasteiger partial charge is 0.261 e. The third kappa shape index (κ3) is 3.74. The lowest BCUT2D eigenvalue weighted by Gasteiger charge is -2.37. The molecule has 0 saturated carbocycles. The molecule has 2 aromatic rings. The van der Waals surface area contributed by atoms with E-state index < -0.39 is 0 Å². The van der Waals surface area contributed by atoms with Crippen molar-refractivity contribution in [2.45, 2.75) is 19.8 Å². The Kier molecular flexibility index (Phi) is 6.25. The summed E-state index contributed by atoms with van der Waals surface area (Å²) in [6.45, 7) is 5.27. The molecule has 0 atom stereocenters. The number of hydrogen-bond donors (Lipinski definition) is 2. The van der Waals surface area contributed by atoms with Gasteiger partial charge in [0.2, 0.25) is 0 Å². The number of aromatic nitrogens is 2. The molecule has 0 radical (unpaired) electrons. The predicted octanol–water partition coefficient (Wildman–Crippen LogP) is 2.11. The summed E-state index contributed by atoms with van der Waals surface area (Å²) in [4.78, 5) is 14.3. The van der Waals surface area contributed by atoms with E-state index in [-0.39, 0.29) is 23.7 Å². The normalized spacial score (nSPS) is 16.8. The number of fused-ring (bicyclic) bond motifs is 1. The maximum atomic E-state index is 12.5. The predicted molar refractivity (Wildman–Crippen MR) is 99.3 cm³/mol. The first-order chi connectivity index (χ1) is 11.0. The van der Waals surface area contributed by atoms with E-state index in [1.54, 1.807) is 7.11 Å². The second-order valence-electron chi connectivity index (χ2n) is 6.40. The van der Waals surface area contributed by atoms with E-state index in [9.17, 15) is 4.79 Å². The van der Waals surface area contributed by atoms with Crippen LogP contribution in [0.5, 0.6) is 0 Å². The molecule has 0 bridgehead atoms. The maximum Gasteiger partial charge on any atom is 0.261 e. The van der Waals surface area contributed by atoms with Crippen LogP contribution in [0.25, 0.3) is 10.2 Å². The topological polar surface area (TPSA) is 68.2 Å². The number of hydrogen-bond acceptors (Lipinski definition) is 5. The van der Waals surface area contributed by atoms with Crippen molar-refractivity contribution in [2.24, 2.45) is 12.5 Å². The van der Waals surface area contributed by atoms with Crippen molar-refractivity contribution < 1.29 is 9.53 Å². The number of rotatable bonds is 5. The summed E-state index contributed by atoms with van der Waals surface area (Å²) in [5.41, 5.74) is 1.01. The van der Waals surface area contributed by atoms with Crippen molar-refractivity contribution in [1.82, 2.24) is 20.4 Å². The van der Waals surface area contributed by atoms with E-state index >= 15 is 0 Å². The number of aryl methyl sites for hydroxylation is 2. The Balaban J connectivity index is 0.00000208. The third-order valence-electron chi connectivity index (χ3n) is 4.66. The van der Waals surface area contributed by atoms with Crippen LogP contribution in [0.3, 0.4) is 0 Å². The molecule has 24 heavy (non-hydrogen) atoms. The van der Waals surface area contributed by atoms with Gasteiger partial charge in [-0.15, -0.1) is 23.7 Å². The Morgan fingerprint density at radius 2 is 2.21 bits per heavy atom. The molecule has 1 amide bonds. The quantitative estimate of drug-likeness (QED) is 0.843. The van der Waals surface area contributed by atoms with Gasteiger partial charge in [0.15, 0.2) is 0 Å². The maximum absolute atomic E-state index is 12.5. The van der Waals surface area contributed by atoms with Gasteiger partial charge in [0.05, 0.1) is 17.2 Å². The summed E-state index contributed by atoms with van der Waals surface area (Å²) >= 11 is 1.50. The zero-order valence-corrected chi connectivity index (χ0v) is 16.0. The van der Waals surface area contributed by atoms with Crippen LogP contribution in [0.15, 0.2) is 6.07 Å². The highest BCUT2D eigenvalue weighted by molar-refractivity contribution is 7.20. The average Bonchev–Trinajstić information content (AvgIpc) is 3.09. The van der Waals surface area contributed by atoms with Gasteiger partial charge < -0.3 is 15.4 Å². The number of piperidine rings is 1. The van der Waals surface area contributed by atoms with Gasteiger partial charge in [-0.05, 0) is 38.9 Å². The molecule has 8 heteroatoms. The minimum atomic E-state index is -0.000360. The first-order valence-corrected chi connectivity index (χ1v) is 8.77. The summed E-state index contributed by atoms with van der Waals surface area (Å²) in [5.74, 6) is -0.000360. The molecule has 2 N–H and O–H groups in total. The zero-order chi connectivity index (χ0) is 16.4. The van der Waals surface area contributed by atoms with Crippen molar-refractivity contribution >= 4 is 39.9 Å². The summed E-state index contributed by atoms with van der Waals surface area (Å²) in [6, 6.07) is 1.95. The van der Waals surface area contributed by atoms with E-state index in [1.807, 2.05) is 24.7 Å². The Morgan fingerprint density at radius 3 is 2.83 bits per heavy atom. The number of nitrogens with zero attached hydrogens (tertiary/aromatic N) is 2. The molecule has 2 aromatic heterocycles. The van der Waals surface area contributed by atoms with Crippen LogP contribution in [0.1, 0.15) is 28.2 Å². The van der Waals surface area contributed by atoms with E-state index in [4.69, 9.17) is 4.74 Å². The second-order valence-corrected chi connectivity index (χ2v) is 7.43. The molecule has 1 aliphatic rings. The molecule has 1 aliphatic heterocycles. The van der Waals surface area contributed by atoms with Gasteiger partial charge in [0.25, 0.3) is 5.91 Å². The van der Waals surface area contributed by atoms with Crippen LogP contribution in [0, 0.1) is 12.3 Å². The number of thiophene rings is 1. The van der Waals surface area contributed by atoms with Crippen molar-refractivity contribution in [2.75, 3.05) is 33.4 Å². The standard InChI is InChI=1S/C16H24N4O2S.ClH/c1-11-12-8-13(23-15(12)20(2)19-11)14(21)18-9-16(10-22-3)4-6-17-7-5-16;/h8,17H,4-7,9-10H2,1-3H3,(H,18,21);1H. The molecular formula is C16H25ClN4O2S.